The van der Waals surface area contributed by atoms with Gasteiger partial charge in [0.15, 0.2) is 0 Å². The molecule has 0 unspecified atom stereocenters. The zero-order valence-electron chi connectivity index (χ0n) is 15.0. The summed E-state index contributed by atoms with van der Waals surface area (Å²) in [6.07, 6.45) is 0. The molecule has 0 atom stereocenters. The molecule has 4 nitrogen and oxygen atoms in total. The van der Waals surface area contributed by atoms with E-state index in [1.54, 1.807) is 7.11 Å². The molecule has 3 aromatic carbocycles. The van der Waals surface area contributed by atoms with Gasteiger partial charge in [0.2, 0.25) is 0 Å². The van der Waals surface area contributed by atoms with Gasteiger partial charge >= 0.3 is 0 Å². The van der Waals surface area contributed by atoms with Crippen LogP contribution in [0.1, 0.15) is 5.56 Å². The predicted octanol–water partition coefficient (Wildman–Crippen LogP) is 4.82. The monoisotopic (exact) mass is 356 g/mol. The number of para-hydroxylation sites is 1. The minimum atomic E-state index is -0.0968. The van der Waals surface area contributed by atoms with E-state index in [0.717, 1.165) is 33.5 Å². The number of benzene rings is 3. The molecule has 1 heterocycles. The number of methoxy groups -OCH3 is 1. The van der Waals surface area contributed by atoms with E-state index in [1.165, 1.54) is 0 Å². The third-order valence-electron chi connectivity index (χ3n) is 4.61. The Morgan fingerprint density at radius 3 is 2.52 bits per heavy atom. The number of rotatable bonds is 5. The molecule has 0 amide bonds. The van der Waals surface area contributed by atoms with Crippen molar-refractivity contribution < 1.29 is 4.74 Å². The second-order valence-electron chi connectivity index (χ2n) is 6.34. The van der Waals surface area contributed by atoms with Crippen molar-refractivity contribution >= 4 is 16.6 Å². The maximum absolute atomic E-state index is 12.5. The number of hydrogen-bond donors (Lipinski definition) is 2. The van der Waals surface area contributed by atoms with Crippen LogP contribution in [0.25, 0.3) is 22.0 Å². The molecule has 2 N–H and O–H groups in total. The fraction of sp³-hybridized carbons (Fsp3) is 0.0870. The number of anilines is 1. The highest BCUT2D eigenvalue weighted by Gasteiger charge is 2.07. The topological polar surface area (TPSA) is 54.1 Å². The molecule has 0 radical (unpaired) electrons. The van der Waals surface area contributed by atoms with E-state index < -0.39 is 0 Å². The van der Waals surface area contributed by atoms with Crippen LogP contribution in [0, 0.1) is 0 Å². The molecule has 4 aromatic rings. The van der Waals surface area contributed by atoms with E-state index >= 15 is 0 Å². The molecule has 0 saturated carbocycles. The SMILES string of the molecule is COc1ccc2cc(CNc3ccccc3-c3ccccc3)c(=O)[nH]c2c1. The number of ether oxygens (including phenoxy) is 1. The lowest BCUT2D eigenvalue weighted by molar-refractivity contribution is 0.415. The van der Waals surface area contributed by atoms with Crippen molar-refractivity contribution in [1.82, 2.24) is 4.98 Å². The number of aromatic amines is 1. The standard InChI is InChI=1S/C23H20N2O2/c1-27-19-12-11-17-13-18(23(26)25-22(17)14-19)15-24-21-10-6-5-9-20(21)16-7-3-2-4-8-16/h2-14,24H,15H2,1H3,(H,25,26). The number of nitrogens with one attached hydrogen (secondary N) is 2. The summed E-state index contributed by atoms with van der Waals surface area (Å²) in [5.41, 5.74) is 4.61. The summed E-state index contributed by atoms with van der Waals surface area (Å²) < 4.78 is 5.22. The van der Waals surface area contributed by atoms with Crippen molar-refractivity contribution in [3.05, 3.63) is 94.8 Å². The summed E-state index contributed by atoms with van der Waals surface area (Å²) in [7, 11) is 1.61. The molecule has 0 aliphatic carbocycles. The second kappa shape index (κ2) is 7.38. The van der Waals surface area contributed by atoms with Gasteiger partial charge < -0.3 is 15.0 Å². The van der Waals surface area contributed by atoms with E-state index in [-0.39, 0.29) is 5.56 Å². The molecule has 4 heteroatoms. The molecule has 0 spiro atoms. The summed E-state index contributed by atoms with van der Waals surface area (Å²) in [6.45, 7) is 0.446. The van der Waals surface area contributed by atoms with Crippen LogP contribution in [0.15, 0.2) is 83.7 Å². The van der Waals surface area contributed by atoms with Gasteiger partial charge in [-0.25, -0.2) is 0 Å². The van der Waals surface area contributed by atoms with Gasteiger partial charge in [0.05, 0.1) is 12.6 Å². The maximum atomic E-state index is 12.5. The zero-order valence-corrected chi connectivity index (χ0v) is 15.0. The molecule has 0 aliphatic heterocycles. The van der Waals surface area contributed by atoms with E-state index in [0.29, 0.717) is 12.1 Å². The Labute approximate surface area is 157 Å². The number of fused-ring (bicyclic) bond motifs is 1. The lowest BCUT2D eigenvalue weighted by atomic mass is 10.0. The molecule has 4 rings (SSSR count). The first-order chi connectivity index (χ1) is 13.2. The first-order valence-corrected chi connectivity index (χ1v) is 8.83. The van der Waals surface area contributed by atoms with Crippen LogP contribution in [0.2, 0.25) is 0 Å². The minimum Gasteiger partial charge on any atom is -0.497 e. The fourth-order valence-corrected chi connectivity index (χ4v) is 3.18. The third kappa shape index (κ3) is 3.55. The number of H-pyrrole nitrogens is 1. The number of aromatic nitrogens is 1. The molecule has 134 valence electrons. The summed E-state index contributed by atoms with van der Waals surface area (Å²) in [4.78, 5) is 15.4. The molecule has 0 bridgehead atoms. The Balaban J connectivity index is 1.63. The Morgan fingerprint density at radius 2 is 1.70 bits per heavy atom. The molecule has 1 aromatic heterocycles. The molecule has 0 fully saturated rings. The molecule has 0 saturated heterocycles. The van der Waals surface area contributed by atoms with Gasteiger partial charge in [-0.1, -0.05) is 48.5 Å². The van der Waals surface area contributed by atoms with Crippen LogP contribution in [0.3, 0.4) is 0 Å². The highest BCUT2D eigenvalue weighted by molar-refractivity contribution is 5.81. The first kappa shape index (κ1) is 16.9. The highest BCUT2D eigenvalue weighted by atomic mass is 16.5. The van der Waals surface area contributed by atoms with Gasteiger partial charge in [-0.2, -0.15) is 0 Å². The molecular formula is C23H20N2O2. The minimum absolute atomic E-state index is 0.0968. The van der Waals surface area contributed by atoms with Crippen LogP contribution >= 0.6 is 0 Å². The fourth-order valence-electron chi connectivity index (χ4n) is 3.18. The van der Waals surface area contributed by atoms with Crippen LogP contribution < -0.4 is 15.6 Å². The quantitative estimate of drug-likeness (QED) is 0.539. The van der Waals surface area contributed by atoms with Crippen LogP contribution in [-0.4, -0.2) is 12.1 Å². The molecular weight excluding hydrogens is 336 g/mol. The normalized spacial score (nSPS) is 10.7. The number of pyridine rings is 1. The van der Waals surface area contributed by atoms with Crippen molar-refractivity contribution in [1.29, 1.82) is 0 Å². The summed E-state index contributed by atoms with van der Waals surface area (Å²) in [6, 6.07) is 25.9. The second-order valence-corrected chi connectivity index (χ2v) is 6.34. The smallest absolute Gasteiger partial charge is 0.253 e. The van der Waals surface area contributed by atoms with Crippen molar-refractivity contribution in [3.63, 3.8) is 0 Å². The summed E-state index contributed by atoms with van der Waals surface area (Å²) in [5.74, 6) is 0.723. The first-order valence-electron chi connectivity index (χ1n) is 8.83. The van der Waals surface area contributed by atoms with Gasteiger partial charge in [0.25, 0.3) is 5.56 Å². The van der Waals surface area contributed by atoms with Gasteiger partial charge in [-0.3, -0.25) is 4.79 Å². The summed E-state index contributed by atoms with van der Waals surface area (Å²) in [5, 5.41) is 4.39. The molecule has 0 aliphatic rings. The maximum Gasteiger partial charge on any atom is 0.253 e. The van der Waals surface area contributed by atoms with E-state index in [4.69, 9.17) is 4.74 Å². The van der Waals surface area contributed by atoms with Crippen LogP contribution in [0.4, 0.5) is 5.69 Å². The van der Waals surface area contributed by atoms with Crippen LogP contribution in [-0.2, 0) is 6.54 Å². The van der Waals surface area contributed by atoms with Gasteiger partial charge in [0.1, 0.15) is 5.75 Å². The molecule has 27 heavy (non-hydrogen) atoms. The Morgan fingerprint density at radius 1 is 0.926 bits per heavy atom. The number of hydrogen-bond acceptors (Lipinski definition) is 3. The highest BCUT2D eigenvalue weighted by Crippen LogP contribution is 2.28. The van der Waals surface area contributed by atoms with E-state index in [1.807, 2.05) is 60.7 Å². The van der Waals surface area contributed by atoms with E-state index in [9.17, 15) is 4.79 Å². The van der Waals surface area contributed by atoms with Gasteiger partial charge in [-0.15, -0.1) is 0 Å². The average molecular weight is 356 g/mol. The average Bonchev–Trinajstić information content (AvgIpc) is 2.72. The lowest BCUT2D eigenvalue weighted by Crippen LogP contribution is -2.15. The summed E-state index contributed by atoms with van der Waals surface area (Å²) >= 11 is 0. The lowest BCUT2D eigenvalue weighted by Gasteiger charge is -2.12. The van der Waals surface area contributed by atoms with Crippen molar-refractivity contribution in [3.8, 4) is 16.9 Å². The Kier molecular flexibility index (Phi) is 4.62. The predicted molar refractivity (Wildman–Crippen MR) is 110 cm³/mol. The van der Waals surface area contributed by atoms with Gasteiger partial charge in [0, 0.05) is 29.4 Å². The van der Waals surface area contributed by atoms with Crippen molar-refractivity contribution in [2.24, 2.45) is 0 Å². The third-order valence-corrected chi connectivity index (χ3v) is 4.61. The van der Waals surface area contributed by atoms with Crippen molar-refractivity contribution in [2.75, 3.05) is 12.4 Å². The van der Waals surface area contributed by atoms with E-state index in [2.05, 4.69) is 28.5 Å². The van der Waals surface area contributed by atoms with Gasteiger partial charge in [-0.05, 0) is 35.2 Å². The Bertz CT molecular complexity index is 1130. The Hall–Kier alpha value is -3.53. The zero-order chi connectivity index (χ0) is 18.6. The van der Waals surface area contributed by atoms with Crippen LogP contribution in [0.5, 0.6) is 5.75 Å². The largest absolute Gasteiger partial charge is 0.497 e. The van der Waals surface area contributed by atoms with Crippen molar-refractivity contribution in [2.45, 2.75) is 6.54 Å².